The van der Waals surface area contributed by atoms with Gasteiger partial charge in [0.05, 0.1) is 10.8 Å². The van der Waals surface area contributed by atoms with E-state index in [2.05, 4.69) is 62.0 Å². The van der Waals surface area contributed by atoms with Crippen molar-refractivity contribution in [2.75, 3.05) is 58.4 Å². The zero-order chi connectivity index (χ0) is 30.0. The number of nitrogens with zero attached hydrogens (tertiary/aromatic N) is 2. The van der Waals surface area contributed by atoms with E-state index in [9.17, 15) is 14.0 Å². The average Bonchev–Trinajstić information content (AvgIpc) is 2.93. The molecule has 1 aliphatic rings. The number of hydrogen-bond donors (Lipinski definition) is 2. The summed E-state index contributed by atoms with van der Waals surface area (Å²) in [5.74, 6) is 0.180. The van der Waals surface area contributed by atoms with E-state index in [1.807, 2.05) is 12.1 Å². The van der Waals surface area contributed by atoms with Crippen LogP contribution in [0.3, 0.4) is 0 Å². The van der Waals surface area contributed by atoms with Gasteiger partial charge in [-0.25, -0.2) is 4.39 Å². The molecule has 40 heavy (non-hydrogen) atoms. The number of rotatable bonds is 14. The summed E-state index contributed by atoms with van der Waals surface area (Å²) < 4.78 is 12.9. The van der Waals surface area contributed by atoms with E-state index in [0.29, 0.717) is 27.9 Å². The van der Waals surface area contributed by atoms with Crippen LogP contribution < -0.4 is 10.6 Å². The number of halogens is 2. The molecule has 9 heteroatoms. The second kappa shape index (κ2) is 19.8. The van der Waals surface area contributed by atoms with Gasteiger partial charge in [-0.2, -0.15) is 0 Å². The molecule has 1 atom stereocenters. The van der Waals surface area contributed by atoms with Crippen LogP contribution in [0.4, 0.5) is 10.1 Å². The Morgan fingerprint density at radius 2 is 1.98 bits per heavy atom. The van der Waals surface area contributed by atoms with Crippen LogP contribution in [-0.4, -0.2) is 87.0 Å². The van der Waals surface area contributed by atoms with Gasteiger partial charge in [-0.1, -0.05) is 36.7 Å². The van der Waals surface area contributed by atoms with Gasteiger partial charge < -0.3 is 25.2 Å². The first-order chi connectivity index (χ1) is 19.1. The maximum Gasteiger partial charge on any atom is 0.150 e. The Kier molecular flexibility index (Phi) is 17.7. The number of likely N-dealkylation sites (N-methyl/N-ethyl adjacent to an activating group) is 3. The van der Waals surface area contributed by atoms with E-state index in [1.165, 1.54) is 43.4 Å². The predicted molar refractivity (Wildman–Crippen MR) is 170 cm³/mol. The fourth-order valence-corrected chi connectivity index (χ4v) is 5.19. The molecule has 0 aliphatic carbocycles. The van der Waals surface area contributed by atoms with Crippen molar-refractivity contribution in [3.05, 3.63) is 71.5 Å². The molecule has 0 bridgehead atoms. The molecule has 2 aromatic rings. The van der Waals surface area contributed by atoms with Crippen molar-refractivity contribution < 1.29 is 14.0 Å². The lowest BCUT2D eigenvalue weighted by Crippen LogP contribution is -2.66. The third kappa shape index (κ3) is 13.4. The standard InChI is InChI=1S/C13H21FN2.C9H7ClO2S.C9H18N2/c1-4-8-16(3)11(2)10-15-13-7-5-6-12(14)9-13;10-8-5-7(6-12)1-2-9(8)13-4-3-11;1-4-5-6-9(10-2)7-11(3)8-9/h5-7,9,11,15H,4,8,10H2,1-3H3;1-3,5-6H,4H2;4,10H,1,5-8H2,2-3H3. The maximum absolute atomic E-state index is 12.9. The quantitative estimate of drug-likeness (QED) is 0.152. The molecule has 1 fully saturated rings. The third-order valence-electron chi connectivity index (χ3n) is 6.66. The largest absolute Gasteiger partial charge is 0.383 e. The van der Waals surface area contributed by atoms with Crippen molar-refractivity contribution in [2.45, 2.75) is 49.6 Å². The highest BCUT2D eigenvalue weighted by atomic mass is 35.5. The van der Waals surface area contributed by atoms with Crippen LogP contribution >= 0.6 is 23.4 Å². The van der Waals surface area contributed by atoms with Crippen LogP contribution in [0.15, 0.2) is 60.0 Å². The van der Waals surface area contributed by atoms with Crippen LogP contribution in [0.1, 0.15) is 43.5 Å². The van der Waals surface area contributed by atoms with E-state index in [4.69, 9.17) is 11.6 Å². The molecular weight excluding hydrogens is 547 g/mol. The Labute approximate surface area is 249 Å². The first-order valence-electron chi connectivity index (χ1n) is 13.6. The Bertz CT molecular complexity index is 1040. The van der Waals surface area contributed by atoms with Gasteiger partial charge in [0, 0.05) is 47.4 Å². The number of anilines is 1. The lowest BCUT2D eigenvalue weighted by Gasteiger charge is -2.48. The third-order valence-corrected chi connectivity index (χ3v) is 8.05. The van der Waals surface area contributed by atoms with Gasteiger partial charge in [0.25, 0.3) is 0 Å². The fourth-order valence-electron chi connectivity index (χ4n) is 4.23. The molecule has 3 rings (SSSR count). The fraction of sp³-hybridized carbons (Fsp3) is 0.484. The molecule has 0 saturated carbocycles. The molecule has 0 spiro atoms. The first kappa shape index (κ1) is 35.8. The number of benzene rings is 2. The van der Waals surface area contributed by atoms with Crippen molar-refractivity contribution in [2.24, 2.45) is 0 Å². The Hall–Kier alpha value is -2.23. The number of hydrogen-bond acceptors (Lipinski definition) is 7. The van der Waals surface area contributed by atoms with E-state index < -0.39 is 0 Å². The van der Waals surface area contributed by atoms with Crippen molar-refractivity contribution in [1.29, 1.82) is 0 Å². The molecule has 0 radical (unpaired) electrons. The first-order valence-corrected chi connectivity index (χ1v) is 15.0. The van der Waals surface area contributed by atoms with Crippen molar-refractivity contribution >= 4 is 41.6 Å². The van der Waals surface area contributed by atoms with Crippen LogP contribution in [0, 0.1) is 5.82 Å². The summed E-state index contributed by atoms with van der Waals surface area (Å²) in [7, 11) is 6.32. The molecule has 222 valence electrons. The average molecular weight is 593 g/mol. The Morgan fingerprint density at radius 3 is 2.50 bits per heavy atom. The molecule has 1 unspecified atom stereocenters. The summed E-state index contributed by atoms with van der Waals surface area (Å²) in [6.07, 6.45) is 7.04. The second-order valence-electron chi connectivity index (χ2n) is 10.0. The van der Waals surface area contributed by atoms with E-state index >= 15 is 0 Å². The van der Waals surface area contributed by atoms with Crippen LogP contribution in [0.5, 0.6) is 0 Å². The molecule has 1 heterocycles. The minimum absolute atomic E-state index is 0.195. The molecule has 0 aromatic heterocycles. The minimum Gasteiger partial charge on any atom is -0.383 e. The van der Waals surface area contributed by atoms with E-state index in [-0.39, 0.29) is 5.82 Å². The topological polar surface area (TPSA) is 64.7 Å². The number of nitrogens with one attached hydrogen (secondary N) is 2. The lowest BCUT2D eigenvalue weighted by atomic mass is 9.86. The predicted octanol–water partition coefficient (Wildman–Crippen LogP) is 6.27. The minimum atomic E-state index is -0.195. The van der Waals surface area contributed by atoms with Crippen molar-refractivity contribution in [1.82, 2.24) is 15.1 Å². The Morgan fingerprint density at radius 1 is 1.25 bits per heavy atom. The van der Waals surface area contributed by atoms with Gasteiger partial charge in [0.15, 0.2) is 0 Å². The summed E-state index contributed by atoms with van der Waals surface area (Å²) in [5, 5.41) is 7.14. The number of carbonyl (C=O) groups is 2. The monoisotopic (exact) mass is 592 g/mol. The summed E-state index contributed by atoms with van der Waals surface area (Å²) in [4.78, 5) is 25.9. The van der Waals surface area contributed by atoms with Crippen molar-refractivity contribution in [3.63, 3.8) is 0 Å². The zero-order valence-corrected chi connectivity index (χ0v) is 26.2. The molecular formula is C31H46ClFN4O2S. The molecule has 2 aromatic carbocycles. The van der Waals surface area contributed by atoms with Gasteiger partial charge in [0.2, 0.25) is 0 Å². The summed E-state index contributed by atoms with van der Waals surface area (Å²) in [6.45, 7) is 12.4. The summed E-state index contributed by atoms with van der Waals surface area (Å²) in [5.41, 5.74) is 1.78. The van der Waals surface area contributed by atoms with Crippen LogP contribution in [-0.2, 0) is 4.79 Å². The van der Waals surface area contributed by atoms with Gasteiger partial charge in [-0.05, 0) is 84.2 Å². The molecule has 1 aliphatic heterocycles. The van der Waals surface area contributed by atoms with Crippen LogP contribution in [0.2, 0.25) is 5.02 Å². The molecule has 1 saturated heterocycles. The number of thioether (sulfide) groups is 1. The normalized spacial score (nSPS) is 14.5. The number of aldehydes is 2. The summed E-state index contributed by atoms with van der Waals surface area (Å²) >= 11 is 7.20. The van der Waals surface area contributed by atoms with Gasteiger partial charge in [0.1, 0.15) is 18.4 Å². The number of allylic oxidation sites excluding steroid dienone is 1. The van der Waals surface area contributed by atoms with Gasteiger partial charge >= 0.3 is 0 Å². The number of likely N-dealkylation sites (tertiary alicyclic amines) is 1. The highest BCUT2D eigenvalue weighted by molar-refractivity contribution is 8.00. The smallest absolute Gasteiger partial charge is 0.150 e. The molecule has 2 N–H and O–H groups in total. The van der Waals surface area contributed by atoms with E-state index in [1.54, 1.807) is 24.3 Å². The van der Waals surface area contributed by atoms with Gasteiger partial charge in [-0.15, -0.1) is 18.3 Å². The molecule has 6 nitrogen and oxygen atoms in total. The number of carbonyl (C=O) groups excluding carboxylic acids is 2. The van der Waals surface area contributed by atoms with Crippen molar-refractivity contribution in [3.8, 4) is 0 Å². The van der Waals surface area contributed by atoms with Gasteiger partial charge in [-0.3, -0.25) is 4.79 Å². The Balaban J connectivity index is 0.000000305. The van der Waals surface area contributed by atoms with E-state index in [0.717, 1.165) is 49.1 Å². The maximum atomic E-state index is 12.9. The van der Waals surface area contributed by atoms with Crippen LogP contribution in [0.25, 0.3) is 0 Å². The zero-order valence-electron chi connectivity index (χ0n) is 24.6. The highest BCUT2D eigenvalue weighted by Crippen LogP contribution is 2.27. The lowest BCUT2D eigenvalue weighted by molar-refractivity contribution is -0.105. The molecule has 0 amide bonds. The highest BCUT2D eigenvalue weighted by Gasteiger charge is 2.38. The SMILES string of the molecule is C=CCCC1(NC)CN(C)C1.CCCN(C)C(C)CNc1cccc(F)c1.O=CCSc1ccc(C=O)cc1Cl. The second-order valence-corrected chi connectivity index (χ2v) is 11.5. The summed E-state index contributed by atoms with van der Waals surface area (Å²) in [6, 6.07) is 12.0.